The number of carbonyl (C=O) groups excluding carboxylic acids is 1. The molecule has 0 unspecified atom stereocenters. The Morgan fingerprint density at radius 1 is 1.16 bits per heavy atom. The predicted octanol–water partition coefficient (Wildman–Crippen LogP) is 3.41. The minimum Gasteiger partial charge on any atom is -0.467 e. The van der Waals surface area contributed by atoms with Gasteiger partial charge in [0, 0.05) is 12.6 Å². The summed E-state index contributed by atoms with van der Waals surface area (Å²) in [5, 5.41) is 7.68. The van der Waals surface area contributed by atoms with Crippen LogP contribution in [0.2, 0.25) is 0 Å². The molecule has 0 radical (unpaired) electrons. The third-order valence-electron chi connectivity index (χ3n) is 4.77. The number of benzene rings is 1. The lowest BCUT2D eigenvalue weighted by atomic mass is 9.95. The van der Waals surface area contributed by atoms with E-state index >= 15 is 0 Å². The van der Waals surface area contributed by atoms with Gasteiger partial charge in [-0.2, -0.15) is 5.10 Å². The summed E-state index contributed by atoms with van der Waals surface area (Å²) in [5.41, 5.74) is 3.81. The minimum atomic E-state index is -0.321. The molecule has 0 aliphatic heterocycles. The first-order valence-corrected chi connectivity index (χ1v) is 8.68. The van der Waals surface area contributed by atoms with Crippen LogP contribution in [0, 0.1) is 0 Å². The van der Waals surface area contributed by atoms with Crippen LogP contribution >= 0.6 is 0 Å². The topological polar surface area (TPSA) is 60.1 Å². The van der Waals surface area contributed by atoms with Gasteiger partial charge in [0.15, 0.2) is 0 Å². The summed E-state index contributed by atoms with van der Waals surface area (Å²) < 4.78 is 7.29. The highest BCUT2D eigenvalue weighted by atomic mass is 16.3. The second-order valence-electron chi connectivity index (χ2n) is 6.44. The summed E-state index contributed by atoms with van der Waals surface area (Å²) in [5.74, 6) is 0.610. The number of rotatable bonds is 4. The zero-order chi connectivity index (χ0) is 17.2. The van der Waals surface area contributed by atoms with Crippen molar-refractivity contribution < 1.29 is 9.21 Å². The van der Waals surface area contributed by atoms with Crippen molar-refractivity contribution in [3.63, 3.8) is 0 Å². The smallest absolute Gasteiger partial charge is 0.270 e. The molecule has 1 atom stereocenters. The lowest BCUT2D eigenvalue weighted by molar-refractivity contribution is 0.0928. The molecule has 1 amide bonds. The number of hydrogen-bond donors (Lipinski definition) is 1. The normalized spacial score (nSPS) is 14.8. The van der Waals surface area contributed by atoms with Crippen LogP contribution in [0.5, 0.6) is 0 Å². The highest BCUT2D eigenvalue weighted by Crippen LogP contribution is 2.26. The van der Waals surface area contributed by atoms with E-state index in [-0.39, 0.29) is 11.9 Å². The van der Waals surface area contributed by atoms with E-state index < -0.39 is 0 Å². The molecule has 25 heavy (non-hydrogen) atoms. The largest absolute Gasteiger partial charge is 0.467 e. The highest BCUT2D eigenvalue weighted by Gasteiger charge is 2.27. The van der Waals surface area contributed by atoms with Gasteiger partial charge in [0.2, 0.25) is 0 Å². The van der Waals surface area contributed by atoms with E-state index in [0.717, 1.165) is 48.3 Å². The van der Waals surface area contributed by atoms with Crippen molar-refractivity contribution in [2.45, 2.75) is 31.7 Å². The Morgan fingerprint density at radius 3 is 2.72 bits per heavy atom. The fraction of sp³-hybridized carbons (Fsp3) is 0.300. The molecule has 1 aliphatic carbocycles. The maximum atomic E-state index is 13.1. The summed E-state index contributed by atoms with van der Waals surface area (Å²) in [6, 6.07) is 13.3. The van der Waals surface area contributed by atoms with Gasteiger partial charge in [-0.15, -0.1) is 0 Å². The first-order chi connectivity index (χ1) is 12.2. The molecule has 3 aromatic rings. The van der Waals surface area contributed by atoms with E-state index in [4.69, 9.17) is 4.42 Å². The Kier molecular flexibility index (Phi) is 4.14. The Morgan fingerprint density at radius 2 is 1.96 bits per heavy atom. The minimum absolute atomic E-state index is 0.108. The predicted molar refractivity (Wildman–Crippen MR) is 94.3 cm³/mol. The number of amides is 1. The average molecular weight is 335 g/mol. The van der Waals surface area contributed by atoms with E-state index in [9.17, 15) is 4.79 Å². The SMILES string of the molecule is Cn1nc2c(c1C(=O)N[C@H](c1ccccc1)c1ccco1)CCCC2. The summed E-state index contributed by atoms with van der Waals surface area (Å²) in [6.45, 7) is 0. The molecule has 5 heteroatoms. The molecule has 0 bridgehead atoms. The molecule has 1 N–H and O–H groups in total. The molecule has 2 aromatic heterocycles. The third-order valence-corrected chi connectivity index (χ3v) is 4.77. The molecular formula is C20H21N3O2. The standard InChI is InChI=1S/C20H21N3O2/c1-23-19(15-10-5-6-11-16(15)22-23)20(24)21-18(17-12-7-13-25-17)14-8-3-2-4-9-14/h2-4,7-9,12-13,18H,5-6,10-11H2,1H3,(H,21,24)/t18-/m1/s1. The van der Waals surface area contributed by atoms with Gasteiger partial charge in [0.1, 0.15) is 17.5 Å². The van der Waals surface area contributed by atoms with Crippen molar-refractivity contribution in [3.05, 3.63) is 77.0 Å². The van der Waals surface area contributed by atoms with Gasteiger partial charge in [-0.3, -0.25) is 9.48 Å². The van der Waals surface area contributed by atoms with E-state index in [0.29, 0.717) is 5.69 Å². The Labute approximate surface area is 146 Å². The Hall–Kier alpha value is -2.82. The number of nitrogens with zero attached hydrogens (tertiary/aromatic N) is 2. The van der Waals surface area contributed by atoms with Crippen LogP contribution in [0.1, 0.15) is 52.0 Å². The average Bonchev–Trinajstić information content (AvgIpc) is 3.27. The summed E-state index contributed by atoms with van der Waals surface area (Å²) in [6.07, 6.45) is 5.76. The number of fused-ring (bicyclic) bond motifs is 1. The van der Waals surface area contributed by atoms with Crippen LogP contribution in [0.25, 0.3) is 0 Å². The van der Waals surface area contributed by atoms with Gasteiger partial charge < -0.3 is 9.73 Å². The first-order valence-electron chi connectivity index (χ1n) is 8.68. The van der Waals surface area contributed by atoms with Gasteiger partial charge in [-0.25, -0.2) is 0 Å². The lowest BCUT2D eigenvalue weighted by Gasteiger charge is -2.18. The molecule has 0 saturated carbocycles. The number of furan rings is 1. The second kappa shape index (κ2) is 6.59. The zero-order valence-corrected chi connectivity index (χ0v) is 14.2. The molecular weight excluding hydrogens is 314 g/mol. The van der Waals surface area contributed by atoms with Gasteiger partial charge in [-0.05, 0) is 43.4 Å². The molecule has 128 valence electrons. The maximum absolute atomic E-state index is 13.1. The monoisotopic (exact) mass is 335 g/mol. The second-order valence-corrected chi connectivity index (χ2v) is 6.44. The Balaban J connectivity index is 1.67. The quantitative estimate of drug-likeness (QED) is 0.795. The highest BCUT2D eigenvalue weighted by molar-refractivity contribution is 5.94. The van der Waals surface area contributed by atoms with Crippen LogP contribution in [0.3, 0.4) is 0 Å². The molecule has 0 spiro atoms. The fourth-order valence-corrected chi connectivity index (χ4v) is 3.58. The number of aromatic nitrogens is 2. The zero-order valence-electron chi connectivity index (χ0n) is 14.2. The number of hydrogen-bond acceptors (Lipinski definition) is 3. The van der Waals surface area contributed by atoms with Crippen molar-refractivity contribution in [1.82, 2.24) is 15.1 Å². The van der Waals surface area contributed by atoms with Crippen molar-refractivity contribution in [2.75, 3.05) is 0 Å². The van der Waals surface area contributed by atoms with E-state index in [1.54, 1.807) is 10.9 Å². The number of nitrogens with one attached hydrogen (secondary N) is 1. The summed E-state index contributed by atoms with van der Waals surface area (Å²) in [7, 11) is 1.84. The van der Waals surface area contributed by atoms with E-state index in [1.165, 1.54) is 0 Å². The van der Waals surface area contributed by atoms with Crippen molar-refractivity contribution in [3.8, 4) is 0 Å². The molecule has 1 aromatic carbocycles. The van der Waals surface area contributed by atoms with Crippen molar-refractivity contribution >= 4 is 5.91 Å². The van der Waals surface area contributed by atoms with Crippen molar-refractivity contribution in [2.24, 2.45) is 7.05 Å². The lowest BCUT2D eigenvalue weighted by Crippen LogP contribution is -2.31. The molecule has 0 fully saturated rings. The number of carbonyl (C=O) groups is 1. The van der Waals surface area contributed by atoms with E-state index in [1.807, 2.05) is 49.5 Å². The van der Waals surface area contributed by atoms with E-state index in [2.05, 4.69) is 10.4 Å². The van der Waals surface area contributed by atoms with Gasteiger partial charge in [-0.1, -0.05) is 30.3 Å². The van der Waals surface area contributed by atoms with Crippen LogP contribution in [0.4, 0.5) is 0 Å². The molecule has 1 aliphatic rings. The van der Waals surface area contributed by atoms with Gasteiger partial charge in [0.05, 0.1) is 12.0 Å². The maximum Gasteiger partial charge on any atom is 0.270 e. The van der Waals surface area contributed by atoms with Crippen LogP contribution < -0.4 is 5.32 Å². The molecule has 5 nitrogen and oxygen atoms in total. The summed E-state index contributed by atoms with van der Waals surface area (Å²) >= 11 is 0. The Bertz CT molecular complexity index is 866. The van der Waals surface area contributed by atoms with Gasteiger partial charge >= 0.3 is 0 Å². The van der Waals surface area contributed by atoms with Gasteiger partial charge in [0.25, 0.3) is 5.91 Å². The van der Waals surface area contributed by atoms with Crippen molar-refractivity contribution in [1.29, 1.82) is 0 Å². The first kappa shape index (κ1) is 15.7. The molecule has 4 rings (SSSR count). The molecule has 0 saturated heterocycles. The summed E-state index contributed by atoms with van der Waals surface area (Å²) in [4.78, 5) is 13.1. The number of aryl methyl sites for hydroxylation is 2. The van der Waals surface area contributed by atoms with Crippen LogP contribution in [-0.4, -0.2) is 15.7 Å². The fourth-order valence-electron chi connectivity index (χ4n) is 3.58. The van der Waals surface area contributed by atoms with Crippen LogP contribution in [0.15, 0.2) is 53.1 Å². The molecule has 2 heterocycles. The van der Waals surface area contributed by atoms with Crippen LogP contribution in [-0.2, 0) is 19.9 Å². The third kappa shape index (κ3) is 2.97.